The molecule has 0 spiro atoms. The lowest BCUT2D eigenvalue weighted by molar-refractivity contribution is -0.116. The minimum absolute atomic E-state index is 0.0599. The maximum absolute atomic E-state index is 12.9. The van der Waals surface area contributed by atoms with Crippen LogP contribution in [0.15, 0.2) is 36.4 Å². The van der Waals surface area contributed by atoms with Gasteiger partial charge in [0.05, 0.1) is 37.3 Å². The summed E-state index contributed by atoms with van der Waals surface area (Å²) in [6, 6.07) is 10.4. The van der Waals surface area contributed by atoms with Crippen molar-refractivity contribution in [3.8, 4) is 11.5 Å². The highest BCUT2D eigenvalue weighted by Gasteiger charge is 2.32. The van der Waals surface area contributed by atoms with Gasteiger partial charge < -0.3 is 19.7 Å². The minimum atomic E-state index is -0.293. The summed E-state index contributed by atoms with van der Waals surface area (Å²) in [6.45, 7) is 0.811. The molecule has 2 aromatic carbocycles. The van der Waals surface area contributed by atoms with Crippen molar-refractivity contribution >= 4 is 46.1 Å². The van der Waals surface area contributed by atoms with Crippen LogP contribution in [0.2, 0.25) is 0 Å². The SMILES string of the molecule is COc1ccc(OC)c(N2CCN(CC(=O)Nc3cccc4nsnc34)C2=O)c1. The number of methoxy groups -OCH3 is 2. The number of carbonyl (C=O) groups is 2. The zero-order chi connectivity index (χ0) is 20.4. The molecule has 1 fully saturated rings. The second-order valence-electron chi connectivity index (χ2n) is 6.38. The molecule has 4 rings (SSSR count). The summed E-state index contributed by atoms with van der Waals surface area (Å²) >= 11 is 1.09. The van der Waals surface area contributed by atoms with Gasteiger partial charge in [-0.2, -0.15) is 8.75 Å². The molecular weight excluding hydrogens is 394 g/mol. The summed E-state index contributed by atoms with van der Waals surface area (Å²) in [5, 5.41) is 2.82. The third-order valence-electron chi connectivity index (χ3n) is 4.67. The Hall–Kier alpha value is -3.40. The maximum atomic E-state index is 12.9. The van der Waals surface area contributed by atoms with Crippen molar-refractivity contribution in [3.63, 3.8) is 0 Å². The fourth-order valence-electron chi connectivity index (χ4n) is 3.23. The number of urea groups is 1. The van der Waals surface area contributed by atoms with Gasteiger partial charge in [0.25, 0.3) is 0 Å². The van der Waals surface area contributed by atoms with Gasteiger partial charge in [0.15, 0.2) is 0 Å². The van der Waals surface area contributed by atoms with Gasteiger partial charge in [0.2, 0.25) is 5.91 Å². The van der Waals surface area contributed by atoms with Crippen LogP contribution >= 0.6 is 11.7 Å². The van der Waals surface area contributed by atoms with Crippen molar-refractivity contribution < 1.29 is 19.1 Å². The number of nitrogens with one attached hydrogen (secondary N) is 1. The highest BCUT2D eigenvalue weighted by Crippen LogP contribution is 2.34. The highest BCUT2D eigenvalue weighted by molar-refractivity contribution is 7.00. The van der Waals surface area contributed by atoms with E-state index in [9.17, 15) is 9.59 Å². The smallest absolute Gasteiger partial charge is 0.325 e. The molecule has 10 heteroatoms. The molecule has 1 aliphatic rings. The average molecular weight is 413 g/mol. The Bertz CT molecular complexity index is 1070. The van der Waals surface area contributed by atoms with E-state index in [0.29, 0.717) is 41.5 Å². The molecule has 150 valence electrons. The summed E-state index contributed by atoms with van der Waals surface area (Å²) in [4.78, 5) is 28.5. The van der Waals surface area contributed by atoms with Crippen molar-refractivity contribution in [2.45, 2.75) is 0 Å². The number of aromatic nitrogens is 2. The van der Waals surface area contributed by atoms with Crippen molar-refractivity contribution in [1.82, 2.24) is 13.6 Å². The van der Waals surface area contributed by atoms with Gasteiger partial charge in [-0.25, -0.2) is 4.79 Å². The Morgan fingerprint density at radius 1 is 1.17 bits per heavy atom. The molecular formula is C19H19N5O4S. The first-order valence-electron chi connectivity index (χ1n) is 8.90. The van der Waals surface area contributed by atoms with Crippen molar-refractivity contribution in [1.29, 1.82) is 0 Å². The molecule has 1 aromatic heterocycles. The first-order valence-corrected chi connectivity index (χ1v) is 9.63. The largest absolute Gasteiger partial charge is 0.497 e. The molecule has 1 saturated heterocycles. The van der Waals surface area contributed by atoms with E-state index in [1.54, 1.807) is 49.5 Å². The zero-order valence-corrected chi connectivity index (χ0v) is 16.7. The monoisotopic (exact) mass is 413 g/mol. The third kappa shape index (κ3) is 3.66. The Labute approximate surface area is 171 Å². The molecule has 3 aromatic rings. The lowest BCUT2D eigenvalue weighted by Gasteiger charge is -2.21. The van der Waals surface area contributed by atoms with Crippen molar-refractivity contribution in [2.24, 2.45) is 0 Å². The number of fused-ring (bicyclic) bond motifs is 1. The summed E-state index contributed by atoms with van der Waals surface area (Å²) in [5.41, 5.74) is 2.56. The second-order valence-corrected chi connectivity index (χ2v) is 6.91. The Kier molecular flexibility index (Phi) is 5.17. The topological polar surface area (TPSA) is 96.9 Å². The Balaban J connectivity index is 1.47. The van der Waals surface area contributed by atoms with Crippen molar-refractivity contribution in [2.75, 3.05) is 44.1 Å². The highest BCUT2D eigenvalue weighted by atomic mass is 32.1. The van der Waals surface area contributed by atoms with Gasteiger partial charge in [-0.05, 0) is 24.3 Å². The zero-order valence-electron chi connectivity index (χ0n) is 15.9. The van der Waals surface area contributed by atoms with Crippen LogP contribution in [-0.2, 0) is 4.79 Å². The lowest BCUT2D eigenvalue weighted by Crippen LogP contribution is -2.37. The summed E-state index contributed by atoms with van der Waals surface area (Å²) in [7, 11) is 3.11. The predicted molar refractivity (Wildman–Crippen MR) is 110 cm³/mol. The van der Waals surface area contributed by atoms with E-state index in [2.05, 4.69) is 14.1 Å². The van der Waals surface area contributed by atoms with Crippen LogP contribution in [0, 0.1) is 0 Å². The number of ether oxygens (including phenoxy) is 2. The van der Waals surface area contributed by atoms with Gasteiger partial charge in [0.1, 0.15) is 29.1 Å². The summed E-state index contributed by atoms with van der Waals surface area (Å²) in [6.07, 6.45) is 0. The fraction of sp³-hybridized carbons (Fsp3) is 0.263. The van der Waals surface area contributed by atoms with Gasteiger partial charge in [-0.15, -0.1) is 0 Å². The number of nitrogens with zero attached hydrogens (tertiary/aromatic N) is 4. The minimum Gasteiger partial charge on any atom is -0.497 e. The molecule has 0 saturated carbocycles. The molecule has 0 atom stereocenters. The van der Waals surface area contributed by atoms with Crippen LogP contribution in [0.5, 0.6) is 11.5 Å². The standard InChI is InChI=1S/C19H19N5O4S/c1-27-12-6-7-16(28-2)15(10-12)24-9-8-23(19(24)26)11-17(25)20-13-4-3-5-14-18(13)22-29-21-14/h3-7,10H,8-9,11H2,1-2H3,(H,20,25). The number of amides is 3. The van der Waals surface area contributed by atoms with Crippen LogP contribution < -0.4 is 19.7 Å². The normalized spacial score (nSPS) is 13.8. The first-order chi connectivity index (χ1) is 14.1. The Morgan fingerprint density at radius 2 is 2.03 bits per heavy atom. The van der Waals surface area contributed by atoms with Gasteiger partial charge in [-0.3, -0.25) is 9.69 Å². The van der Waals surface area contributed by atoms with E-state index in [4.69, 9.17) is 9.47 Å². The number of benzene rings is 2. The molecule has 0 aliphatic carbocycles. The molecule has 9 nitrogen and oxygen atoms in total. The number of hydrogen-bond acceptors (Lipinski definition) is 7. The third-order valence-corrected chi connectivity index (χ3v) is 5.21. The van der Waals surface area contributed by atoms with Crippen molar-refractivity contribution in [3.05, 3.63) is 36.4 Å². The molecule has 2 heterocycles. The van der Waals surface area contributed by atoms with E-state index in [0.717, 1.165) is 17.2 Å². The number of anilines is 2. The molecule has 3 amide bonds. The van der Waals surface area contributed by atoms with Crippen LogP contribution in [0.1, 0.15) is 0 Å². The predicted octanol–water partition coefficient (Wildman–Crippen LogP) is 2.59. The average Bonchev–Trinajstić information content (AvgIpc) is 3.35. The van der Waals surface area contributed by atoms with Crippen LogP contribution in [-0.4, -0.2) is 59.4 Å². The second kappa shape index (κ2) is 7.92. The maximum Gasteiger partial charge on any atom is 0.325 e. The Morgan fingerprint density at radius 3 is 2.83 bits per heavy atom. The summed E-state index contributed by atoms with van der Waals surface area (Å²) in [5.74, 6) is 0.890. The summed E-state index contributed by atoms with van der Waals surface area (Å²) < 4.78 is 19.0. The number of carbonyl (C=O) groups excluding carboxylic acids is 2. The fourth-order valence-corrected chi connectivity index (χ4v) is 3.78. The van der Waals surface area contributed by atoms with Gasteiger partial charge >= 0.3 is 6.03 Å². The number of rotatable bonds is 6. The van der Waals surface area contributed by atoms with Crippen LogP contribution in [0.25, 0.3) is 11.0 Å². The molecule has 1 N–H and O–H groups in total. The van der Waals surface area contributed by atoms with Crippen LogP contribution in [0.4, 0.5) is 16.2 Å². The molecule has 0 unspecified atom stereocenters. The van der Waals surface area contributed by atoms with Gasteiger partial charge in [0, 0.05) is 19.2 Å². The molecule has 29 heavy (non-hydrogen) atoms. The first kappa shape index (κ1) is 18.9. The van der Waals surface area contributed by atoms with E-state index in [1.165, 1.54) is 4.90 Å². The van der Waals surface area contributed by atoms with Gasteiger partial charge in [-0.1, -0.05) is 6.07 Å². The van der Waals surface area contributed by atoms with E-state index < -0.39 is 0 Å². The molecule has 1 aliphatic heterocycles. The quantitative estimate of drug-likeness (QED) is 0.667. The molecule has 0 radical (unpaired) electrons. The lowest BCUT2D eigenvalue weighted by atomic mass is 10.2. The van der Waals surface area contributed by atoms with Crippen LogP contribution in [0.3, 0.4) is 0 Å². The number of hydrogen-bond donors (Lipinski definition) is 1. The van der Waals surface area contributed by atoms with E-state index >= 15 is 0 Å². The van der Waals surface area contributed by atoms with E-state index in [-0.39, 0.29) is 18.5 Å². The van der Waals surface area contributed by atoms with E-state index in [1.807, 2.05) is 6.07 Å². The molecule has 0 bridgehead atoms.